The molecule has 1 heterocycles. The minimum absolute atomic E-state index is 0.0427. The molecule has 2 atom stereocenters. The average Bonchev–Trinajstić information content (AvgIpc) is 2.83. The third-order valence-corrected chi connectivity index (χ3v) is 4.04. The first-order valence-electron chi connectivity index (χ1n) is 5.82. The molecule has 3 rings (SSSR count). The molecule has 90 valence electrons. The number of ether oxygens (including phenoxy) is 1. The van der Waals surface area contributed by atoms with E-state index in [9.17, 15) is 4.79 Å². The molecule has 2 aromatic carbocycles. The minimum Gasteiger partial charge on any atom is -0.448 e. The lowest BCUT2D eigenvalue weighted by Crippen LogP contribution is -2.04. The van der Waals surface area contributed by atoms with E-state index in [1.807, 2.05) is 60.7 Å². The Morgan fingerprint density at radius 1 is 0.833 bits per heavy atom. The van der Waals surface area contributed by atoms with E-state index < -0.39 is 0 Å². The van der Waals surface area contributed by atoms with Gasteiger partial charge in [0, 0.05) is 0 Å². The molecule has 1 saturated heterocycles. The number of rotatable bonds is 2. The van der Waals surface area contributed by atoms with E-state index in [1.54, 1.807) is 0 Å². The summed E-state index contributed by atoms with van der Waals surface area (Å²) >= 11 is 1.26. The molecule has 2 aromatic rings. The molecule has 3 heteroatoms. The molecule has 18 heavy (non-hydrogen) atoms. The van der Waals surface area contributed by atoms with Crippen LogP contribution in [0.1, 0.15) is 22.5 Å². The second-order valence-electron chi connectivity index (χ2n) is 4.15. The Bertz CT molecular complexity index is 489. The predicted octanol–water partition coefficient (Wildman–Crippen LogP) is 4.35. The van der Waals surface area contributed by atoms with Gasteiger partial charge in [-0.15, -0.1) is 0 Å². The molecule has 1 aliphatic rings. The Labute approximate surface area is 110 Å². The van der Waals surface area contributed by atoms with Crippen LogP contribution in [0, 0.1) is 0 Å². The molecule has 0 N–H and O–H groups in total. The zero-order valence-electron chi connectivity index (χ0n) is 9.65. The fourth-order valence-corrected chi connectivity index (χ4v) is 3.13. The Kier molecular flexibility index (Phi) is 3.07. The van der Waals surface area contributed by atoms with Crippen LogP contribution in [0.4, 0.5) is 4.79 Å². The summed E-state index contributed by atoms with van der Waals surface area (Å²) in [7, 11) is 0. The van der Waals surface area contributed by atoms with Gasteiger partial charge in [-0.05, 0) is 22.9 Å². The van der Waals surface area contributed by atoms with Crippen LogP contribution in [0.3, 0.4) is 0 Å². The maximum absolute atomic E-state index is 11.6. The second-order valence-corrected chi connectivity index (χ2v) is 5.23. The molecule has 0 spiro atoms. The summed E-state index contributed by atoms with van der Waals surface area (Å²) in [5.74, 6) is 0. The van der Waals surface area contributed by atoms with E-state index in [0.29, 0.717) is 0 Å². The second kappa shape index (κ2) is 4.86. The van der Waals surface area contributed by atoms with Crippen molar-refractivity contribution in [1.29, 1.82) is 0 Å². The first-order chi connectivity index (χ1) is 8.84. The summed E-state index contributed by atoms with van der Waals surface area (Å²) in [4.78, 5) is 11.6. The van der Waals surface area contributed by atoms with Gasteiger partial charge in [0.25, 0.3) is 0 Å². The highest BCUT2D eigenvalue weighted by atomic mass is 32.2. The van der Waals surface area contributed by atoms with Crippen LogP contribution in [-0.2, 0) is 4.74 Å². The SMILES string of the molecule is O=C1O[C@H](c2ccccc2)[C@H](c2ccccc2)S1. The maximum atomic E-state index is 11.6. The van der Waals surface area contributed by atoms with Crippen LogP contribution in [0.25, 0.3) is 0 Å². The average molecular weight is 256 g/mol. The van der Waals surface area contributed by atoms with E-state index in [0.717, 1.165) is 11.1 Å². The zero-order valence-corrected chi connectivity index (χ0v) is 10.5. The van der Waals surface area contributed by atoms with Crippen LogP contribution in [0.5, 0.6) is 0 Å². The van der Waals surface area contributed by atoms with Crippen molar-refractivity contribution in [1.82, 2.24) is 0 Å². The third-order valence-electron chi connectivity index (χ3n) is 2.98. The van der Waals surface area contributed by atoms with Crippen molar-refractivity contribution in [2.45, 2.75) is 11.4 Å². The molecule has 0 unspecified atom stereocenters. The minimum atomic E-state index is -0.197. The molecular formula is C15H12O2S. The highest BCUT2D eigenvalue weighted by Gasteiger charge is 2.37. The highest BCUT2D eigenvalue weighted by molar-refractivity contribution is 8.13. The first kappa shape index (κ1) is 11.4. The smallest absolute Gasteiger partial charge is 0.368 e. The van der Waals surface area contributed by atoms with Crippen LogP contribution >= 0.6 is 11.8 Å². The molecule has 1 aliphatic heterocycles. The van der Waals surface area contributed by atoms with E-state index in [-0.39, 0.29) is 16.7 Å². The number of carbonyl (C=O) groups is 1. The Balaban J connectivity index is 1.96. The van der Waals surface area contributed by atoms with Gasteiger partial charge in [-0.2, -0.15) is 0 Å². The molecule has 0 aromatic heterocycles. The van der Waals surface area contributed by atoms with Crippen LogP contribution < -0.4 is 0 Å². The normalized spacial score (nSPS) is 22.8. The van der Waals surface area contributed by atoms with Crippen LogP contribution in [0.2, 0.25) is 0 Å². The van der Waals surface area contributed by atoms with Crippen molar-refractivity contribution in [3.8, 4) is 0 Å². The van der Waals surface area contributed by atoms with Crippen molar-refractivity contribution in [3.05, 3.63) is 71.8 Å². The van der Waals surface area contributed by atoms with Gasteiger partial charge in [-0.3, -0.25) is 0 Å². The summed E-state index contributed by atoms with van der Waals surface area (Å²) in [6, 6.07) is 19.9. The van der Waals surface area contributed by atoms with Gasteiger partial charge in [0.1, 0.15) is 6.10 Å². The van der Waals surface area contributed by atoms with Crippen LogP contribution in [-0.4, -0.2) is 5.30 Å². The van der Waals surface area contributed by atoms with Gasteiger partial charge >= 0.3 is 5.30 Å². The van der Waals surface area contributed by atoms with Gasteiger partial charge in [0.2, 0.25) is 0 Å². The lowest BCUT2D eigenvalue weighted by molar-refractivity contribution is 0.133. The Hall–Kier alpha value is -1.74. The summed E-state index contributed by atoms with van der Waals surface area (Å²) in [6.45, 7) is 0. The van der Waals surface area contributed by atoms with Crippen molar-refractivity contribution < 1.29 is 9.53 Å². The number of hydrogen-bond donors (Lipinski definition) is 0. The van der Waals surface area contributed by atoms with Gasteiger partial charge in [-0.25, -0.2) is 4.79 Å². The highest BCUT2D eigenvalue weighted by Crippen LogP contribution is 2.49. The van der Waals surface area contributed by atoms with Crippen molar-refractivity contribution in [2.24, 2.45) is 0 Å². The van der Waals surface area contributed by atoms with Gasteiger partial charge < -0.3 is 4.74 Å². The molecule has 0 amide bonds. The molecule has 2 nitrogen and oxygen atoms in total. The molecule has 0 aliphatic carbocycles. The third kappa shape index (κ3) is 2.14. The standard InChI is InChI=1S/C15H12O2S/c16-15-17-13(11-7-3-1-4-8-11)14(18-15)12-9-5-2-6-10-12/h1-10,13-14H/t13-,14+/m1/s1. The zero-order chi connectivity index (χ0) is 12.4. The van der Waals surface area contributed by atoms with E-state index in [4.69, 9.17) is 4.74 Å². The fourth-order valence-electron chi connectivity index (χ4n) is 2.13. The van der Waals surface area contributed by atoms with E-state index in [2.05, 4.69) is 0 Å². The maximum Gasteiger partial charge on any atom is 0.368 e. The quantitative estimate of drug-likeness (QED) is 0.747. The van der Waals surface area contributed by atoms with Crippen molar-refractivity contribution >= 4 is 17.1 Å². The lowest BCUT2D eigenvalue weighted by Gasteiger charge is -2.16. The Morgan fingerprint density at radius 3 is 2.00 bits per heavy atom. The molecule has 1 fully saturated rings. The van der Waals surface area contributed by atoms with E-state index >= 15 is 0 Å². The predicted molar refractivity (Wildman–Crippen MR) is 72.4 cm³/mol. The summed E-state index contributed by atoms with van der Waals surface area (Å²) in [5, 5.41) is -0.154. The van der Waals surface area contributed by atoms with Gasteiger partial charge in [0.15, 0.2) is 0 Å². The van der Waals surface area contributed by atoms with Gasteiger partial charge in [0.05, 0.1) is 5.25 Å². The molecule has 0 saturated carbocycles. The Morgan fingerprint density at radius 2 is 1.39 bits per heavy atom. The van der Waals surface area contributed by atoms with Crippen molar-refractivity contribution in [2.75, 3.05) is 0 Å². The van der Waals surface area contributed by atoms with Gasteiger partial charge in [-0.1, -0.05) is 60.7 Å². The van der Waals surface area contributed by atoms with E-state index in [1.165, 1.54) is 11.8 Å². The topological polar surface area (TPSA) is 26.3 Å². The number of benzene rings is 2. The first-order valence-corrected chi connectivity index (χ1v) is 6.70. The summed E-state index contributed by atoms with van der Waals surface area (Å²) in [6.07, 6.45) is -0.189. The fraction of sp³-hybridized carbons (Fsp3) is 0.133. The summed E-state index contributed by atoms with van der Waals surface area (Å²) in [5.41, 5.74) is 2.17. The summed E-state index contributed by atoms with van der Waals surface area (Å²) < 4.78 is 5.44. The number of hydrogen-bond acceptors (Lipinski definition) is 3. The molecule has 0 bridgehead atoms. The number of cyclic esters (lactones) is 1. The number of carbonyl (C=O) groups excluding carboxylic acids is 1. The lowest BCUT2D eigenvalue weighted by atomic mass is 10.0. The molecular weight excluding hydrogens is 244 g/mol. The monoisotopic (exact) mass is 256 g/mol. The number of thioether (sulfide) groups is 1. The van der Waals surface area contributed by atoms with Crippen LogP contribution in [0.15, 0.2) is 60.7 Å². The van der Waals surface area contributed by atoms with Crippen molar-refractivity contribution in [3.63, 3.8) is 0 Å². The molecule has 0 radical (unpaired) electrons. The largest absolute Gasteiger partial charge is 0.448 e.